The van der Waals surface area contributed by atoms with E-state index in [1.165, 1.54) is 36.6 Å². The Morgan fingerprint density at radius 2 is 2.15 bits per heavy atom. The van der Waals surface area contributed by atoms with Gasteiger partial charge in [-0.05, 0) is 32.1 Å². The summed E-state index contributed by atoms with van der Waals surface area (Å²) >= 11 is 1.94. The summed E-state index contributed by atoms with van der Waals surface area (Å²) in [6.07, 6.45) is 7.01. The molecule has 4 unspecified atom stereocenters. The molecule has 0 aromatic heterocycles. The van der Waals surface area contributed by atoms with Crippen molar-refractivity contribution in [2.75, 3.05) is 12.4 Å². The molecule has 114 valence electrons. The monoisotopic (exact) mass is 296 g/mol. The van der Waals surface area contributed by atoms with Gasteiger partial charge < -0.3 is 10.1 Å². The van der Waals surface area contributed by atoms with E-state index >= 15 is 0 Å². The zero-order chi connectivity index (χ0) is 14.2. The molecule has 20 heavy (non-hydrogen) atoms. The normalized spacial score (nSPS) is 41.6. The third kappa shape index (κ3) is 2.74. The molecular weight excluding hydrogens is 268 g/mol. The number of aliphatic imine (C=N–C) groups is 1. The predicted molar refractivity (Wildman–Crippen MR) is 86.4 cm³/mol. The van der Waals surface area contributed by atoms with Crippen LogP contribution < -0.4 is 5.32 Å². The van der Waals surface area contributed by atoms with Gasteiger partial charge in [0.15, 0.2) is 5.17 Å². The molecule has 3 fully saturated rings. The smallest absolute Gasteiger partial charge is 0.157 e. The van der Waals surface area contributed by atoms with Crippen molar-refractivity contribution < 1.29 is 4.74 Å². The first-order valence-electron chi connectivity index (χ1n) is 8.20. The van der Waals surface area contributed by atoms with Gasteiger partial charge in [-0.15, -0.1) is 0 Å². The molecule has 0 spiro atoms. The van der Waals surface area contributed by atoms with E-state index in [-0.39, 0.29) is 5.41 Å². The number of hydrogen-bond acceptors (Lipinski definition) is 3. The molecule has 3 nitrogen and oxygen atoms in total. The topological polar surface area (TPSA) is 33.6 Å². The average molecular weight is 296 g/mol. The first kappa shape index (κ1) is 14.7. The molecule has 0 amide bonds. The first-order chi connectivity index (χ1) is 9.61. The minimum absolute atomic E-state index is 0.189. The summed E-state index contributed by atoms with van der Waals surface area (Å²) in [5, 5.41) is 4.91. The van der Waals surface area contributed by atoms with Crippen LogP contribution in [-0.2, 0) is 4.74 Å². The highest BCUT2D eigenvalue weighted by Gasteiger charge is 2.49. The van der Waals surface area contributed by atoms with Crippen LogP contribution in [0, 0.1) is 11.3 Å². The SMILES string of the molecule is CCOC1CC(N=C2NC3CCCCC3CS2)C1(C)C. The van der Waals surface area contributed by atoms with Gasteiger partial charge in [-0.1, -0.05) is 38.5 Å². The number of amidine groups is 1. The van der Waals surface area contributed by atoms with Gasteiger partial charge in [0.1, 0.15) is 0 Å². The van der Waals surface area contributed by atoms with Crippen molar-refractivity contribution in [3.8, 4) is 0 Å². The van der Waals surface area contributed by atoms with E-state index in [0.29, 0.717) is 18.2 Å². The number of ether oxygens (including phenoxy) is 1. The Hall–Kier alpha value is -0.220. The van der Waals surface area contributed by atoms with Crippen LogP contribution in [0.15, 0.2) is 4.99 Å². The van der Waals surface area contributed by atoms with E-state index in [0.717, 1.165) is 18.9 Å². The Bertz CT molecular complexity index is 383. The number of hydrogen-bond donors (Lipinski definition) is 1. The van der Waals surface area contributed by atoms with Gasteiger partial charge in [-0.3, -0.25) is 4.99 Å². The van der Waals surface area contributed by atoms with Crippen LogP contribution in [0.5, 0.6) is 0 Å². The van der Waals surface area contributed by atoms with Crippen molar-refractivity contribution >= 4 is 16.9 Å². The number of thioether (sulfide) groups is 1. The Labute approximate surface area is 127 Å². The molecule has 4 atom stereocenters. The number of fused-ring (bicyclic) bond motifs is 1. The standard InChI is InChI=1S/C16H28N2OS/c1-4-19-14-9-13(16(14,2)3)18-15-17-12-8-6-5-7-11(12)10-20-15/h11-14H,4-10H2,1-3H3,(H,17,18). The summed E-state index contributed by atoms with van der Waals surface area (Å²) in [5.41, 5.74) is 0.189. The Balaban J connectivity index is 1.60. The van der Waals surface area contributed by atoms with E-state index < -0.39 is 0 Å². The van der Waals surface area contributed by atoms with E-state index in [1.54, 1.807) is 0 Å². The Kier molecular flexibility index (Phi) is 4.32. The molecule has 2 aliphatic carbocycles. The molecule has 1 N–H and O–H groups in total. The Morgan fingerprint density at radius 1 is 1.35 bits per heavy atom. The van der Waals surface area contributed by atoms with Gasteiger partial charge in [0.25, 0.3) is 0 Å². The molecule has 0 aromatic rings. The molecule has 0 radical (unpaired) electrons. The number of nitrogens with zero attached hydrogens (tertiary/aromatic N) is 1. The van der Waals surface area contributed by atoms with Crippen molar-refractivity contribution in [2.45, 2.75) is 71.1 Å². The molecule has 4 heteroatoms. The van der Waals surface area contributed by atoms with Gasteiger partial charge in [0, 0.05) is 23.8 Å². The van der Waals surface area contributed by atoms with E-state index in [4.69, 9.17) is 9.73 Å². The average Bonchev–Trinajstić information content (AvgIpc) is 2.46. The lowest BCUT2D eigenvalue weighted by Crippen LogP contribution is -2.55. The lowest BCUT2D eigenvalue weighted by molar-refractivity contribution is -0.103. The molecule has 3 rings (SSSR count). The summed E-state index contributed by atoms with van der Waals surface area (Å²) in [6, 6.07) is 1.11. The molecule has 3 aliphatic rings. The van der Waals surface area contributed by atoms with Crippen LogP contribution in [0.3, 0.4) is 0 Å². The molecule has 1 heterocycles. The van der Waals surface area contributed by atoms with Crippen molar-refractivity contribution in [3.63, 3.8) is 0 Å². The maximum atomic E-state index is 5.80. The predicted octanol–water partition coefficient (Wildman–Crippen LogP) is 3.44. The molecule has 0 aromatic carbocycles. The molecule has 1 saturated heterocycles. The fourth-order valence-corrected chi connectivity index (χ4v) is 4.97. The summed E-state index contributed by atoms with van der Waals surface area (Å²) in [7, 11) is 0. The maximum Gasteiger partial charge on any atom is 0.157 e. The summed E-state index contributed by atoms with van der Waals surface area (Å²) in [4.78, 5) is 5.01. The summed E-state index contributed by atoms with van der Waals surface area (Å²) in [5.74, 6) is 2.14. The van der Waals surface area contributed by atoms with E-state index in [2.05, 4.69) is 26.1 Å². The van der Waals surface area contributed by atoms with Gasteiger partial charge in [0.05, 0.1) is 12.1 Å². The van der Waals surface area contributed by atoms with Crippen LogP contribution in [0.25, 0.3) is 0 Å². The van der Waals surface area contributed by atoms with Crippen LogP contribution >= 0.6 is 11.8 Å². The number of rotatable bonds is 3. The van der Waals surface area contributed by atoms with E-state index in [1.807, 2.05) is 11.8 Å². The third-order valence-electron chi connectivity index (χ3n) is 5.42. The zero-order valence-electron chi connectivity index (χ0n) is 13.0. The Morgan fingerprint density at radius 3 is 2.90 bits per heavy atom. The van der Waals surface area contributed by atoms with Gasteiger partial charge in [-0.25, -0.2) is 0 Å². The quantitative estimate of drug-likeness (QED) is 0.866. The highest BCUT2D eigenvalue weighted by molar-refractivity contribution is 8.13. The summed E-state index contributed by atoms with van der Waals surface area (Å²) in [6.45, 7) is 7.48. The maximum absolute atomic E-state index is 5.80. The highest BCUT2D eigenvalue weighted by atomic mass is 32.2. The molecule has 2 saturated carbocycles. The van der Waals surface area contributed by atoms with Gasteiger partial charge in [0.2, 0.25) is 0 Å². The summed E-state index contributed by atoms with van der Waals surface area (Å²) < 4.78 is 5.80. The van der Waals surface area contributed by atoms with Crippen LogP contribution in [0.1, 0.15) is 52.9 Å². The van der Waals surface area contributed by atoms with Crippen molar-refractivity contribution in [1.82, 2.24) is 5.32 Å². The van der Waals surface area contributed by atoms with Gasteiger partial charge in [-0.2, -0.15) is 0 Å². The fraction of sp³-hybridized carbons (Fsp3) is 0.938. The second-order valence-electron chi connectivity index (χ2n) is 7.06. The van der Waals surface area contributed by atoms with Crippen LogP contribution in [0.2, 0.25) is 0 Å². The van der Waals surface area contributed by atoms with Gasteiger partial charge >= 0.3 is 0 Å². The second-order valence-corrected chi connectivity index (χ2v) is 8.07. The molecular formula is C16H28N2OS. The minimum atomic E-state index is 0.189. The highest BCUT2D eigenvalue weighted by Crippen LogP contribution is 2.45. The van der Waals surface area contributed by atoms with Crippen molar-refractivity contribution in [3.05, 3.63) is 0 Å². The van der Waals surface area contributed by atoms with Crippen LogP contribution in [0.4, 0.5) is 0 Å². The molecule has 0 bridgehead atoms. The first-order valence-corrected chi connectivity index (χ1v) is 9.18. The number of nitrogens with one attached hydrogen (secondary N) is 1. The largest absolute Gasteiger partial charge is 0.378 e. The van der Waals surface area contributed by atoms with Crippen LogP contribution in [-0.4, -0.2) is 35.7 Å². The zero-order valence-corrected chi connectivity index (χ0v) is 13.8. The van der Waals surface area contributed by atoms with Crippen molar-refractivity contribution in [2.24, 2.45) is 16.3 Å². The van der Waals surface area contributed by atoms with Crippen molar-refractivity contribution in [1.29, 1.82) is 0 Å². The second kappa shape index (κ2) is 5.88. The third-order valence-corrected chi connectivity index (χ3v) is 6.51. The lowest BCUT2D eigenvalue weighted by atomic mass is 9.65. The molecule has 1 aliphatic heterocycles. The minimum Gasteiger partial charge on any atom is -0.378 e. The van der Waals surface area contributed by atoms with E-state index in [9.17, 15) is 0 Å². The fourth-order valence-electron chi connectivity index (χ4n) is 3.77. The lowest BCUT2D eigenvalue weighted by Gasteiger charge is -2.50.